The van der Waals surface area contributed by atoms with Crippen LogP contribution in [-0.4, -0.2) is 21.2 Å². The molecule has 3 rings (SSSR count). The highest BCUT2D eigenvalue weighted by atomic mass is 16.3. The number of nitrogens with two attached hydrogens (primary N) is 1. The van der Waals surface area contributed by atoms with Crippen LogP contribution in [0.3, 0.4) is 0 Å². The molecule has 3 N–H and O–H groups in total. The first-order valence-corrected chi connectivity index (χ1v) is 6.22. The van der Waals surface area contributed by atoms with Gasteiger partial charge in [0.25, 0.3) is 0 Å². The Hall–Kier alpha value is -2.17. The molecule has 4 heteroatoms. The molecule has 1 heterocycles. The van der Waals surface area contributed by atoms with Crippen LogP contribution < -0.4 is 5.73 Å². The molecule has 0 spiro atoms. The van der Waals surface area contributed by atoms with Crippen molar-refractivity contribution in [1.82, 2.24) is 9.55 Å². The summed E-state index contributed by atoms with van der Waals surface area (Å²) >= 11 is 0. The molecule has 1 aromatic heterocycles. The van der Waals surface area contributed by atoms with Crippen molar-refractivity contribution >= 4 is 11.0 Å². The van der Waals surface area contributed by atoms with Crippen molar-refractivity contribution < 1.29 is 5.11 Å². The number of hydrogen-bond acceptors (Lipinski definition) is 3. The van der Waals surface area contributed by atoms with E-state index in [2.05, 4.69) is 4.98 Å². The minimum absolute atomic E-state index is 0.149. The summed E-state index contributed by atoms with van der Waals surface area (Å²) in [5.74, 6) is 0.579. The van der Waals surface area contributed by atoms with Crippen LogP contribution in [-0.2, 0) is 0 Å². The van der Waals surface area contributed by atoms with E-state index < -0.39 is 6.10 Å². The van der Waals surface area contributed by atoms with Crippen molar-refractivity contribution in [2.75, 3.05) is 6.54 Å². The van der Waals surface area contributed by atoms with Gasteiger partial charge in [-0.05, 0) is 24.3 Å². The lowest BCUT2D eigenvalue weighted by molar-refractivity contribution is 0.175. The first-order valence-electron chi connectivity index (χ1n) is 6.22. The summed E-state index contributed by atoms with van der Waals surface area (Å²) in [7, 11) is 0. The first kappa shape index (κ1) is 11.9. The summed E-state index contributed by atoms with van der Waals surface area (Å²) in [5, 5.41) is 10.1. The van der Waals surface area contributed by atoms with E-state index in [0.29, 0.717) is 5.82 Å². The molecule has 2 aromatic carbocycles. The van der Waals surface area contributed by atoms with Gasteiger partial charge in [-0.1, -0.05) is 30.3 Å². The average molecular weight is 253 g/mol. The molecule has 0 fully saturated rings. The molecule has 0 radical (unpaired) electrons. The van der Waals surface area contributed by atoms with Crippen LogP contribution in [0.25, 0.3) is 16.7 Å². The molecule has 96 valence electrons. The molecular weight excluding hydrogens is 238 g/mol. The lowest BCUT2D eigenvalue weighted by Crippen LogP contribution is -2.16. The third kappa shape index (κ3) is 2.01. The van der Waals surface area contributed by atoms with E-state index in [0.717, 1.165) is 16.7 Å². The fraction of sp³-hybridized carbons (Fsp3) is 0.133. The molecule has 0 aliphatic rings. The van der Waals surface area contributed by atoms with Crippen LogP contribution in [0.5, 0.6) is 0 Å². The fourth-order valence-electron chi connectivity index (χ4n) is 2.22. The Bertz CT molecular complexity index is 691. The molecule has 0 saturated carbocycles. The van der Waals surface area contributed by atoms with Gasteiger partial charge in [0.1, 0.15) is 11.9 Å². The largest absolute Gasteiger partial charge is 0.384 e. The number of aliphatic hydroxyl groups is 1. The molecule has 0 saturated heterocycles. The van der Waals surface area contributed by atoms with Gasteiger partial charge in [0, 0.05) is 12.2 Å². The second kappa shape index (κ2) is 4.84. The second-order valence-electron chi connectivity index (χ2n) is 4.38. The Morgan fingerprint density at radius 1 is 1.05 bits per heavy atom. The van der Waals surface area contributed by atoms with Crippen molar-refractivity contribution in [2.24, 2.45) is 5.73 Å². The molecule has 3 aromatic rings. The van der Waals surface area contributed by atoms with E-state index in [1.807, 2.05) is 59.2 Å². The van der Waals surface area contributed by atoms with E-state index in [9.17, 15) is 5.11 Å². The van der Waals surface area contributed by atoms with E-state index in [4.69, 9.17) is 5.73 Å². The predicted molar refractivity (Wildman–Crippen MR) is 75.1 cm³/mol. The van der Waals surface area contributed by atoms with Crippen LogP contribution in [0.4, 0.5) is 0 Å². The van der Waals surface area contributed by atoms with Gasteiger partial charge < -0.3 is 10.8 Å². The number of fused-ring (bicyclic) bond motifs is 1. The molecular formula is C15H15N3O. The lowest BCUT2D eigenvalue weighted by Gasteiger charge is -2.12. The van der Waals surface area contributed by atoms with Gasteiger partial charge in [0.15, 0.2) is 0 Å². The van der Waals surface area contributed by atoms with Gasteiger partial charge in [-0.2, -0.15) is 0 Å². The van der Waals surface area contributed by atoms with Crippen molar-refractivity contribution in [3.05, 3.63) is 60.4 Å². The zero-order valence-corrected chi connectivity index (χ0v) is 10.4. The lowest BCUT2D eigenvalue weighted by atomic mass is 10.2. The van der Waals surface area contributed by atoms with Gasteiger partial charge in [-0.15, -0.1) is 0 Å². The van der Waals surface area contributed by atoms with E-state index >= 15 is 0 Å². The smallest absolute Gasteiger partial charge is 0.144 e. The standard InChI is InChI=1S/C15H15N3O/c16-10-14(19)15-17-12-8-4-5-9-13(12)18(15)11-6-2-1-3-7-11/h1-9,14,19H,10,16H2. The van der Waals surface area contributed by atoms with Crippen LogP contribution in [0, 0.1) is 0 Å². The van der Waals surface area contributed by atoms with Crippen LogP contribution in [0.1, 0.15) is 11.9 Å². The van der Waals surface area contributed by atoms with Crippen molar-refractivity contribution in [3.8, 4) is 5.69 Å². The van der Waals surface area contributed by atoms with Crippen molar-refractivity contribution in [3.63, 3.8) is 0 Å². The summed E-state index contributed by atoms with van der Waals surface area (Å²) in [6.07, 6.45) is -0.771. The topological polar surface area (TPSA) is 64.1 Å². The number of hydrogen-bond donors (Lipinski definition) is 2. The highest BCUT2D eigenvalue weighted by molar-refractivity contribution is 5.78. The van der Waals surface area contributed by atoms with Gasteiger partial charge in [0.2, 0.25) is 0 Å². The molecule has 0 bridgehead atoms. The molecule has 19 heavy (non-hydrogen) atoms. The summed E-state index contributed by atoms with van der Waals surface area (Å²) in [6, 6.07) is 17.7. The van der Waals surface area contributed by atoms with Gasteiger partial charge in [-0.3, -0.25) is 4.57 Å². The van der Waals surface area contributed by atoms with Crippen LogP contribution in [0.15, 0.2) is 54.6 Å². The molecule has 1 unspecified atom stereocenters. The summed E-state index contributed by atoms with van der Waals surface area (Å²) in [5.41, 5.74) is 8.36. The average Bonchev–Trinajstić information content (AvgIpc) is 2.86. The fourth-order valence-corrected chi connectivity index (χ4v) is 2.22. The second-order valence-corrected chi connectivity index (χ2v) is 4.38. The number of aromatic nitrogens is 2. The summed E-state index contributed by atoms with van der Waals surface area (Å²) < 4.78 is 1.95. The Morgan fingerprint density at radius 2 is 1.74 bits per heavy atom. The predicted octanol–water partition coefficient (Wildman–Crippen LogP) is 2.02. The maximum Gasteiger partial charge on any atom is 0.144 e. The highest BCUT2D eigenvalue weighted by Gasteiger charge is 2.17. The first-order chi connectivity index (χ1) is 9.31. The van der Waals surface area contributed by atoms with Crippen molar-refractivity contribution in [2.45, 2.75) is 6.10 Å². The molecule has 0 aliphatic heterocycles. The Balaban J connectivity index is 2.31. The third-order valence-electron chi connectivity index (χ3n) is 3.12. The van der Waals surface area contributed by atoms with E-state index in [1.165, 1.54) is 0 Å². The number of nitrogens with zero attached hydrogens (tertiary/aromatic N) is 2. The van der Waals surface area contributed by atoms with Crippen LogP contribution in [0.2, 0.25) is 0 Å². The molecule has 0 amide bonds. The van der Waals surface area contributed by atoms with Crippen LogP contribution >= 0.6 is 0 Å². The minimum Gasteiger partial charge on any atom is -0.384 e. The Labute approximate surface area is 111 Å². The molecule has 4 nitrogen and oxygen atoms in total. The van der Waals surface area contributed by atoms with Gasteiger partial charge >= 0.3 is 0 Å². The van der Waals surface area contributed by atoms with E-state index in [-0.39, 0.29) is 6.54 Å². The third-order valence-corrected chi connectivity index (χ3v) is 3.12. The Morgan fingerprint density at radius 3 is 2.47 bits per heavy atom. The molecule has 1 atom stereocenters. The maximum absolute atomic E-state index is 10.1. The summed E-state index contributed by atoms with van der Waals surface area (Å²) in [6.45, 7) is 0.149. The zero-order valence-electron chi connectivity index (χ0n) is 10.4. The number of para-hydroxylation sites is 3. The quantitative estimate of drug-likeness (QED) is 0.750. The minimum atomic E-state index is -0.771. The number of aliphatic hydroxyl groups excluding tert-OH is 1. The number of benzene rings is 2. The maximum atomic E-state index is 10.1. The van der Waals surface area contributed by atoms with Gasteiger partial charge in [0.05, 0.1) is 11.0 Å². The monoisotopic (exact) mass is 253 g/mol. The van der Waals surface area contributed by atoms with Gasteiger partial charge in [-0.25, -0.2) is 4.98 Å². The highest BCUT2D eigenvalue weighted by Crippen LogP contribution is 2.24. The van der Waals surface area contributed by atoms with E-state index in [1.54, 1.807) is 0 Å². The normalized spacial score (nSPS) is 12.7. The number of rotatable bonds is 3. The number of imidazole rings is 1. The van der Waals surface area contributed by atoms with Crippen molar-refractivity contribution in [1.29, 1.82) is 0 Å². The SMILES string of the molecule is NCC(O)c1nc2ccccc2n1-c1ccccc1. The molecule has 0 aliphatic carbocycles. The zero-order chi connectivity index (χ0) is 13.2. The summed E-state index contributed by atoms with van der Waals surface area (Å²) in [4.78, 5) is 4.49. The Kier molecular flexibility index (Phi) is 3.03.